The number of rotatable bonds is 8. The Hall–Kier alpha value is -8.82. The van der Waals surface area contributed by atoms with Crippen LogP contribution in [0, 0.1) is 9.81 Å². The van der Waals surface area contributed by atoms with E-state index in [1.807, 2.05) is 97.1 Å². The molecular weight excluding hydrogens is 783 g/mol. The number of fused-ring (bicyclic) bond motifs is 14. The molecule has 9 heteroatoms. The average molecular weight is 814 g/mol. The first-order valence-electron chi connectivity index (χ1n) is 20.7. The highest BCUT2D eigenvalue weighted by molar-refractivity contribution is 6.36. The Bertz CT molecular complexity index is 3700. The van der Waals surface area contributed by atoms with Crippen molar-refractivity contribution in [1.82, 2.24) is 4.40 Å². The monoisotopic (exact) mass is 813 g/mol. The first-order chi connectivity index (χ1) is 31.2. The molecular formula is C54H31N5O4. The minimum atomic E-state index is 0.354. The maximum atomic E-state index is 11.6. The molecule has 4 aromatic heterocycles. The second kappa shape index (κ2) is 13.3. The standard InChI is InChI=1S/C54H31N5O4/c60-55-32-22-26-36(27-23-32)57(34-12-3-1-4-13-34)44-30-42-38-16-7-9-20-46(38)62-53(42)51-48(44)40-18-11-19-41-49-45(58(35-14-5-2-6-15-35)37-28-24-33(56-61)25-29-37)31-43-39-17-8-10-21-47(39)63-54(43)52(49)59(51)50(40)41/h1-31H. The minimum Gasteiger partial charge on any atom is -0.454 e. The van der Waals surface area contributed by atoms with E-state index in [1.165, 1.54) is 0 Å². The van der Waals surface area contributed by atoms with Crippen LogP contribution in [0.4, 0.5) is 45.5 Å². The van der Waals surface area contributed by atoms with Crippen molar-refractivity contribution in [3.8, 4) is 0 Å². The fourth-order valence-corrected chi connectivity index (χ4v) is 9.82. The van der Waals surface area contributed by atoms with Gasteiger partial charge in [0.25, 0.3) is 0 Å². The zero-order valence-corrected chi connectivity index (χ0v) is 33.3. The number of hydrogen-bond acceptors (Lipinski definition) is 8. The molecule has 0 aliphatic heterocycles. The van der Waals surface area contributed by atoms with Crippen molar-refractivity contribution in [3.05, 3.63) is 198 Å². The van der Waals surface area contributed by atoms with Gasteiger partial charge < -0.3 is 23.0 Å². The number of anilines is 6. The van der Waals surface area contributed by atoms with Gasteiger partial charge in [-0.25, -0.2) is 0 Å². The molecule has 296 valence electrons. The number of aromatic nitrogens is 1. The average Bonchev–Trinajstić information content (AvgIpc) is 4.10. The van der Waals surface area contributed by atoms with Crippen LogP contribution in [0.15, 0.2) is 207 Å². The normalized spacial score (nSPS) is 11.9. The summed E-state index contributed by atoms with van der Waals surface area (Å²) in [5.41, 5.74) is 12.1. The van der Waals surface area contributed by atoms with Crippen LogP contribution in [0.2, 0.25) is 0 Å². The molecule has 13 rings (SSSR count). The van der Waals surface area contributed by atoms with Gasteiger partial charge in [-0.3, -0.25) is 0 Å². The van der Waals surface area contributed by atoms with Crippen LogP contribution in [0.3, 0.4) is 0 Å². The molecule has 0 aliphatic rings. The molecule has 9 nitrogen and oxygen atoms in total. The Labute approximate surface area is 357 Å². The van der Waals surface area contributed by atoms with Gasteiger partial charge in [0.2, 0.25) is 0 Å². The summed E-state index contributed by atoms with van der Waals surface area (Å²) in [5, 5.41) is 14.4. The second-order valence-electron chi connectivity index (χ2n) is 15.8. The molecule has 0 atom stereocenters. The minimum absolute atomic E-state index is 0.354. The van der Waals surface area contributed by atoms with Crippen LogP contribution in [-0.2, 0) is 0 Å². The van der Waals surface area contributed by atoms with Crippen LogP contribution in [-0.4, -0.2) is 4.40 Å². The van der Waals surface area contributed by atoms with Crippen molar-refractivity contribution in [1.29, 1.82) is 0 Å². The van der Waals surface area contributed by atoms with Gasteiger partial charge in [-0.2, -0.15) is 0 Å². The summed E-state index contributed by atoms with van der Waals surface area (Å²) in [5.74, 6) is 0. The summed E-state index contributed by atoms with van der Waals surface area (Å²) >= 11 is 0. The molecule has 0 N–H and O–H groups in total. The SMILES string of the molecule is O=Nc1ccc(N(c2ccccc2)c2cc3c4ccccc4oc3c3c2c2cccc4c5c(N(c6ccccc6)c6ccc(N=O)cc6)cc6c7ccccc7oc6c5n3c24)cc1. The smallest absolute Gasteiger partial charge is 0.160 e. The summed E-state index contributed by atoms with van der Waals surface area (Å²) in [7, 11) is 0. The lowest BCUT2D eigenvalue weighted by Gasteiger charge is -2.27. The molecule has 0 saturated carbocycles. The van der Waals surface area contributed by atoms with Gasteiger partial charge in [0.15, 0.2) is 11.2 Å². The summed E-state index contributed by atoms with van der Waals surface area (Å²) in [6, 6.07) is 62.7. The van der Waals surface area contributed by atoms with Gasteiger partial charge in [-0.1, -0.05) is 91.0 Å². The highest BCUT2D eigenvalue weighted by atomic mass is 16.3. The fraction of sp³-hybridized carbons (Fsp3) is 0. The predicted molar refractivity (Wildman–Crippen MR) is 256 cm³/mol. The zero-order chi connectivity index (χ0) is 41.8. The third-order valence-corrected chi connectivity index (χ3v) is 12.4. The van der Waals surface area contributed by atoms with Crippen molar-refractivity contribution in [3.63, 3.8) is 0 Å². The molecule has 0 spiro atoms. The Kier molecular flexibility index (Phi) is 7.41. The summed E-state index contributed by atoms with van der Waals surface area (Å²) in [6.45, 7) is 0. The third-order valence-electron chi connectivity index (χ3n) is 12.4. The lowest BCUT2D eigenvalue weighted by atomic mass is 10.0. The largest absolute Gasteiger partial charge is 0.454 e. The van der Waals surface area contributed by atoms with E-state index in [1.54, 1.807) is 24.3 Å². The Morgan fingerprint density at radius 2 is 0.746 bits per heavy atom. The van der Waals surface area contributed by atoms with Crippen molar-refractivity contribution < 1.29 is 8.83 Å². The van der Waals surface area contributed by atoms with Crippen LogP contribution in [0.5, 0.6) is 0 Å². The predicted octanol–water partition coefficient (Wildman–Crippen LogP) is 16.4. The molecule has 0 saturated heterocycles. The Morgan fingerprint density at radius 3 is 1.17 bits per heavy atom. The number of hydrogen-bond donors (Lipinski definition) is 0. The molecule has 9 aromatic carbocycles. The van der Waals surface area contributed by atoms with Gasteiger partial charge in [0.1, 0.15) is 33.6 Å². The van der Waals surface area contributed by atoms with Gasteiger partial charge in [0.05, 0.1) is 16.9 Å². The first-order valence-corrected chi connectivity index (χ1v) is 20.7. The lowest BCUT2D eigenvalue weighted by molar-refractivity contribution is 0.670. The molecule has 0 unspecified atom stereocenters. The maximum absolute atomic E-state index is 11.6. The number of para-hydroxylation sites is 5. The highest BCUT2D eigenvalue weighted by Gasteiger charge is 2.31. The lowest BCUT2D eigenvalue weighted by Crippen LogP contribution is -2.10. The second-order valence-corrected chi connectivity index (χ2v) is 15.8. The van der Waals surface area contributed by atoms with E-state index < -0.39 is 0 Å². The van der Waals surface area contributed by atoms with Crippen LogP contribution >= 0.6 is 0 Å². The van der Waals surface area contributed by atoms with E-state index in [2.05, 4.69) is 91.3 Å². The molecule has 0 fully saturated rings. The molecule has 63 heavy (non-hydrogen) atoms. The third kappa shape index (κ3) is 4.98. The maximum Gasteiger partial charge on any atom is 0.160 e. The van der Waals surface area contributed by atoms with Gasteiger partial charge >= 0.3 is 0 Å². The number of furan rings is 2. The molecule has 0 amide bonds. The van der Waals surface area contributed by atoms with Crippen molar-refractivity contribution in [2.45, 2.75) is 0 Å². The first kappa shape index (κ1) is 35.0. The van der Waals surface area contributed by atoms with E-state index >= 15 is 0 Å². The van der Waals surface area contributed by atoms with Crippen molar-refractivity contribution in [2.75, 3.05) is 9.80 Å². The van der Waals surface area contributed by atoms with Gasteiger partial charge in [-0.15, -0.1) is 9.81 Å². The molecule has 0 radical (unpaired) electrons. The number of nitroso groups, excluding NO2 is 2. The van der Waals surface area contributed by atoms with Crippen molar-refractivity contribution in [2.24, 2.45) is 10.4 Å². The van der Waals surface area contributed by atoms with Gasteiger partial charge in [-0.05, 0) is 107 Å². The van der Waals surface area contributed by atoms with E-state index in [9.17, 15) is 9.81 Å². The van der Waals surface area contributed by atoms with E-state index in [0.717, 1.165) is 116 Å². The van der Waals surface area contributed by atoms with E-state index in [-0.39, 0.29) is 0 Å². The number of nitrogens with zero attached hydrogens (tertiary/aromatic N) is 5. The van der Waals surface area contributed by atoms with Crippen LogP contribution in [0.25, 0.3) is 82.0 Å². The topological polar surface area (TPSA) is 96.0 Å². The molecule has 0 bridgehead atoms. The van der Waals surface area contributed by atoms with E-state index in [4.69, 9.17) is 8.83 Å². The number of benzene rings is 9. The van der Waals surface area contributed by atoms with Crippen LogP contribution in [0.1, 0.15) is 0 Å². The fourth-order valence-electron chi connectivity index (χ4n) is 9.82. The summed E-state index contributed by atoms with van der Waals surface area (Å²) < 4.78 is 16.4. The zero-order valence-electron chi connectivity index (χ0n) is 33.3. The summed E-state index contributed by atoms with van der Waals surface area (Å²) in [6.07, 6.45) is 0. The molecule has 13 aromatic rings. The highest BCUT2D eigenvalue weighted by Crippen LogP contribution is 2.54. The Morgan fingerprint density at radius 1 is 0.365 bits per heavy atom. The van der Waals surface area contributed by atoms with Gasteiger partial charge in [0, 0.05) is 65.8 Å². The molecule has 0 aliphatic carbocycles. The van der Waals surface area contributed by atoms with E-state index in [0.29, 0.717) is 11.4 Å². The Balaban J connectivity index is 1.26. The van der Waals surface area contributed by atoms with Crippen LogP contribution < -0.4 is 9.80 Å². The summed E-state index contributed by atoms with van der Waals surface area (Å²) in [4.78, 5) is 27.8. The quantitative estimate of drug-likeness (QED) is 0.142. The molecule has 4 heterocycles. The van der Waals surface area contributed by atoms with Crippen molar-refractivity contribution >= 4 is 127 Å².